The van der Waals surface area contributed by atoms with Gasteiger partial charge in [-0.15, -0.1) is 11.8 Å². The SMILES string of the molecule is C[C@H](O)c1ccc(SCc2ccco2)c([N+](=O)[O-])c1. The Morgan fingerprint density at radius 1 is 1.47 bits per heavy atom. The molecule has 0 bridgehead atoms. The number of nitro groups is 1. The molecule has 6 heteroatoms. The third-order valence-corrected chi connectivity index (χ3v) is 3.70. The summed E-state index contributed by atoms with van der Waals surface area (Å²) < 4.78 is 5.19. The summed E-state index contributed by atoms with van der Waals surface area (Å²) in [7, 11) is 0. The summed E-state index contributed by atoms with van der Waals surface area (Å²) in [6.07, 6.45) is 0.851. The van der Waals surface area contributed by atoms with E-state index in [0.29, 0.717) is 16.2 Å². The minimum absolute atomic E-state index is 0.00922. The minimum atomic E-state index is -0.720. The van der Waals surface area contributed by atoms with Crippen LogP contribution in [0.5, 0.6) is 0 Å². The second kappa shape index (κ2) is 5.90. The molecule has 0 saturated carbocycles. The van der Waals surface area contributed by atoms with Crippen molar-refractivity contribution in [2.75, 3.05) is 0 Å². The van der Waals surface area contributed by atoms with Gasteiger partial charge in [-0.1, -0.05) is 6.07 Å². The van der Waals surface area contributed by atoms with Crippen LogP contribution < -0.4 is 0 Å². The van der Waals surface area contributed by atoms with Gasteiger partial charge in [0.2, 0.25) is 0 Å². The number of rotatable bonds is 5. The van der Waals surface area contributed by atoms with Gasteiger partial charge in [-0.25, -0.2) is 0 Å². The molecule has 0 aliphatic heterocycles. The average Bonchev–Trinajstić information content (AvgIpc) is 2.89. The molecule has 0 aliphatic carbocycles. The molecule has 1 aromatic carbocycles. The number of benzene rings is 1. The predicted molar refractivity (Wildman–Crippen MR) is 72.0 cm³/mol. The molecule has 5 nitrogen and oxygen atoms in total. The molecule has 1 aromatic heterocycles. The highest BCUT2D eigenvalue weighted by atomic mass is 32.2. The Bertz CT molecular complexity index is 566. The summed E-state index contributed by atoms with van der Waals surface area (Å²) >= 11 is 1.34. The van der Waals surface area contributed by atoms with E-state index in [-0.39, 0.29) is 5.69 Å². The van der Waals surface area contributed by atoms with Crippen molar-refractivity contribution in [3.05, 3.63) is 58.0 Å². The molecule has 0 radical (unpaired) electrons. The van der Waals surface area contributed by atoms with Crippen LogP contribution >= 0.6 is 11.8 Å². The van der Waals surface area contributed by atoms with Crippen LogP contribution in [0.1, 0.15) is 24.4 Å². The zero-order chi connectivity index (χ0) is 13.8. The number of nitrogens with zero attached hydrogens (tertiary/aromatic N) is 1. The van der Waals surface area contributed by atoms with Gasteiger partial charge < -0.3 is 9.52 Å². The van der Waals surface area contributed by atoms with Crippen LogP contribution in [0.25, 0.3) is 0 Å². The van der Waals surface area contributed by atoms with Crippen LogP contribution in [0, 0.1) is 10.1 Å². The second-order valence-corrected chi connectivity index (χ2v) is 5.05. The van der Waals surface area contributed by atoms with Crippen LogP contribution in [0.15, 0.2) is 45.9 Å². The summed E-state index contributed by atoms with van der Waals surface area (Å²) in [6.45, 7) is 1.58. The van der Waals surface area contributed by atoms with Crippen molar-refractivity contribution in [1.82, 2.24) is 0 Å². The number of hydrogen-bond acceptors (Lipinski definition) is 5. The summed E-state index contributed by atoms with van der Waals surface area (Å²) in [5, 5.41) is 20.5. The normalized spacial score (nSPS) is 12.3. The van der Waals surface area contributed by atoms with Crippen molar-refractivity contribution in [2.45, 2.75) is 23.7 Å². The van der Waals surface area contributed by atoms with Gasteiger partial charge in [0, 0.05) is 6.07 Å². The first-order chi connectivity index (χ1) is 9.08. The third-order valence-electron chi connectivity index (χ3n) is 2.61. The van der Waals surface area contributed by atoms with E-state index in [4.69, 9.17) is 4.42 Å². The van der Waals surface area contributed by atoms with Gasteiger partial charge in [0.25, 0.3) is 5.69 Å². The molecule has 0 fully saturated rings. The molecule has 0 spiro atoms. The van der Waals surface area contributed by atoms with Crippen molar-refractivity contribution >= 4 is 17.4 Å². The zero-order valence-corrected chi connectivity index (χ0v) is 11.1. The molecule has 2 rings (SSSR count). The Balaban J connectivity index is 2.21. The van der Waals surface area contributed by atoms with Crippen molar-refractivity contribution in [2.24, 2.45) is 0 Å². The first-order valence-corrected chi connectivity index (χ1v) is 6.68. The second-order valence-electron chi connectivity index (χ2n) is 4.03. The van der Waals surface area contributed by atoms with Crippen LogP contribution in [0.4, 0.5) is 5.69 Å². The maximum atomic E-state index is 11.0. The standard InChI is InChI=1S/C13H13NO4S/c1-9(15)10-4-5-13(12(7-10)14(16)17)19-8-11-3-2-6-18-11/h2-7,9,15H,8H2,1H3/t9-/m0/s1. The maximum absolute atomic E-state index is 11.0. The summed E-state index contributed by atoms with van der Waals surface area (Å²) in [6, 6.07) is 8.37. The molecule has 0 amide bonds. The van der Waals surface area contributed by atoms with E-state index in [1.807, 2.05) is 6.07 Å². The highest BCUT2D eigenvalue weighted by Crippen LogP contribution is 2.33. The minimum Gasteiger partial charge on any atom is -0.468 e. The van der Waals surface area contributed by atoms with E-state index < -0.39 is 11.0 Å². The molecule has 2 aromatic rings. The van der Waals surface area contributed by atoms with E-state index in [0.717, 1.165) is 5.76 Å². The third kappa shape index (κ3) is 3.36. The number of hydrogen-bond donors (Lipinski definition) is 1. The van der Waals surface area contributed by atoms with E-state index in [2.05, 4.69) is 0 Å². The lowest BCUT2D eigenvalue weighted by atomic mass is 10.1. The Morgan fingerprint density at radius 2 is 2.26 bits per heavy atom. The van der Waals surface area contributed by atoms with E-state index in [1.165, 1.54) is 17.8 Å². The highest BCUT2D eigenvalue weighted by Gasteiger charge is 2.17. The molecule has 0 saturated heterocycles. The Kier molecular flexibility index (Phi) is 4.24. The van der Waals surface area contributed by atoms with Crippen molar-refractivity contribution < 1.29 is 14.4 Å². The van der Waals surface area contributed by atoms with Gasteiger partial charge in [-0.05, 0) is 30.7 Å². The van der Waals surface area contributed by atoms with Crippen LogP contribution in [-0.2, 0) is 5.75 Å². The topological polar surface area (TPSA) is 76.5 Å². The number of thioether (sulfide) groups is 1. The maximum Gasteiger partial charge on any atom is 0.283 e. The van der Waals surface area contributed by atoms with Gasteiger partial charge in [-0.3, -0.25) is 10.1 Å². The quantitative estimate of drug-likeness (QED) is 0.514. The zero-order valence-electron chi connectivity index (χ0n) is 10.3. The molecule has 1 heterocycles. The van der Waals surface area contributed by atoms with E-state index in [9.17, 15) is 15.2 Å². The lowest BCUT2D eigenvalue weighted by Gasteiger charge is -2.07. The van der Waals surface area contributed by atoms with Crippen LogP contribution in [0.3, 0.4) is 0 Å². The number of aliphatic hydroxyl groups is 1. The van der Waals surface area contributed by atoms with Gasteiger partial charge in [0.1, 0.15) is 5.76 Å². The fourth-order valence-electron chi connectivity index (χ4n) is 1.60. The first-order valence-electron chi connectivity index (χ1n) is 5.69. The molecule has 19 heavy (non-hydrogen) atoms. The summed E-state index contributed by atoms with van der Waals surface area (Å²) in [5.74, 6) is 1.29. The van der Waals surface area contributed by atoms with Gasteiger partial charge in [0.05, 0.1) is 27.9 Å². The van der Waals surface area contributed by atoms with Crippen molar-refractivity contribution in [3.8, 4) is 0 Å². The van der Waals surface area contributed by atoms with E-state index in [1.54, 1.807) is 31.4 Å². The lowest BCUT2D eigenvalue weighted by Crippen LogP contribution is -1.96. The smallest absolute Gasteiger partial charge is 0.283 e. The molecular weight excluding hydrogens is 266 g/mol. The number of aliphatic hydroxyl groups excluding tert-OH is 1. The van der Waals surface area contributed by atoms with Crippen LogP contribution in [-0.4, -0.2) is 10.0 Å². The van der Waals surface area contributed by atoms with Crippen molar-refractivity contribution in [1.29, 1.82) is 0 Å². The molecule has 1 atom stereocenters. The van der Waals surface area contributed by atoms with Gasteiger partial charge in [0.15, 0.2) is 0 Å². The van der Waals surface area contributed by atoms with Gasteiger partial charge in [-0.2, -0.15) is 0 Å². The van der Waals surface area contributed by atoms with Gasteiger partial charge >= 0.3 is 0 Å². The van der Waals surface area contributed by atoms with E-state index >= 15 is 0 Å². The molecule has 0 aliphatic rings. The number of nitro benzene ring substituents is 1. The Hall–Kier alpha value is -1.79. The highest BCUT2D eigenvalue weighted by molar-refractivity contribution is 7.98. The monoisotopic (exact) mass is 279 g/mol. The largest absolute Gasteiger partial charge is 0.468 e. The predicted octanol–water partition coefficient (Wildman–Crippen LogP) is 3.53. The summed E-state index contributed by atoms with van der Waals surface area (Å²) in [5.41, 5.74) is 0.545. The number of furan rings is 1. The van der Waals surface area contributed by atoms with Crippen molar-refractivity contribution in [3.63, 3.8) is 0 Å². The Morgan fingerprint density at radius 3 is 2.84 bits per heavy atom. The average molecular weight is 279 g/mol. The fraction of sp³-hybridized carbons (Fsp3) is 0.231. The molecule has 0 unspecified atom stereocenters. The lowest BCUT2D eigenvalue weighted by molar-refractivity contribution is -0.387. The summed E-state index contributed by atoms with van der Waals surface area (Å²) in [4.78, 5) is 11.2. The fourth-order valence-corrected chi connectivity index (χ4v) is 2.51. The Labute approximate surface area is 114 Å². The first kappa shape index (κ1) is 13.6. The van der Waals surface area contributed by atoms with Crippen LogP contribution in [0.2, 0.25) is 0 Å². The molecule has 100 valence electrons. The molecular formula is C13H13NO4S. The molecule has 1 N–H and O–H groups in total.